The summed E-state index contributed by atoms with van der Waals surface area (Å²) in [5, 5.41) is 0. The maximum Gasteiger partial charge on any atom is 0.416 e. The van der Waals surface area contributed by atoms with Crippen molar-refractivity contribution in [1.29, 1.82) is 0 Å². The maximum atomic E-state index is 12.8. The van der Waals surface area contributed by atoms with Crippen molar-refractivity contribution in [2.45, 2.75) is 38.0 Å². The number of rotatable bonds is 4. The van der Waals surface area contributed by atoms with Gasteiger partial charge in [-0.1, -0.05) is 0 Å². The molecule has 2 aliphatic rings. The zero-order valence-corrected chi connectivity index (χ0v) is 14.8. The summed E-state index contributed by atoms with van der Waals surface area (Å²) in [5.41, 5.74) is -0.689. The summed E-state index contributed by atoms with van der Waals surface area (Å²) in [7, 11) is 1.76. The lowest BCUT2D eigenvalue weighted by atomic mass is 9.95. The molecule has 1 aromatic rings. The van der Waals surface area contributed by atoms with Crippen LogP contribution in [0.1, 0.15) is 31.2 Å². The molecule has 3 rings (SSSR count). The lowest BCUT2D eigenvalue weighted by molar-refractivity contribution is -0.142. The van der Waals surface area contributed by atoms with Crippen molar-refractivity contribution in [1.82, 2.24) is 9.88 Å². The highest BCUT2D eigenvalue weighted by molar-refractivity contribution is 5.81. The number of carbonyl (C=O) groups is 1. The number of piperidine rings is 1. The second kappa shape index (κ2) is 7.82. The third kappa shape index (κ3) is 4.47. The molecule has 5 nitrogen and oxygen atoms in total. The molecule has 26 heavy (non-hydrogen) atoms. The van der Waals surface area contributed by atoms with Crippen molar-refractivity contribution in [2.75, 3.05) is 38.2 Å². The highest BCUT2D eigenvalue weighted by Gasteiger charge is 2.32. The third-order valence-corrected chi connectivity index (χ3v) is 5.13. The minimum Gasteiger partial charge on any atom is -0.368 e. The predicted molar refractivity (Wildman–Crippen MR) is 90.8 cm³/mol. The number of pyridine rings is 1. The van der Waals surface area contributed by atoms with Gasteiger partial charge < -0.3 is 14.5 Å². The van der Waals surface area contributed by atoms with E-state index in [1.165, 1.54) is 6.20 Å². The van der Waals surface area contributed by atoms with Crippen LogP contribution in [0, 0.1) is 5.92 Å². The van der Waals surface area contributed by atoms with E-state index in [1.807, 2.05) is 4.90 Å². The molecule has 0 spiro atoms. The molecular formula is C18H24F3N3O2. The van der Waals surface area contributed by atoms with E-state index >= 15 is 0 Å². The maximum absolute atomic E-state index is 12.8. The van der Waals surface area contributed by atoms with Crippen LogP contribution in [0.3, 0.4) is 0 Å². The molecule has 0 bridgehead atoms. The number of ether oxygens (including phenoxy) is 1. The number of aromatic nitrogens is 1. The van der Waals surface area contributed by atoms with Gasteiger partial charge in [-0.05, 0) is 43.7 Å². The van der Waals surface area contributed by atoms with E-state index in [2.05, 4.69) is 4.98 Å². The first-order valence-electron chi connectivity index (χ1n) is 8.99. The van der Waals surface area contributed by atoms with Gasteiger partial charge in [0.25, 0.3) is 5.91 Å². The average Bonchev–Trinajstić information content (AvgIpc) is 3.16. The summed E-state index contributed by atoms with van der Waals surface area (Å²) < 4.78 is 44.0. The predicted octanol–water partition coefficient (Wildman–Crippen LogP) is 2.95. The van der Waals surface area contributed by atoms with Crippen molar-refractivity contribution in [3.05, 3.63) is 23.9 Å². The van der Waals surface area contributed by atoms with E-state index in [9.17, 15) is 18.0 Å². The molecule has 0 aromatic carbocycles. The summed E-state index contributed by atoms with van der Waals surface area (Å²) in [6.07, 6.45) is -0.0682. The van der Waals surface area contributed by atoms with E-state index in [4.69, 9.17) is 4.74 Å². The standard InChI is InChI=1S/C18H24F3N3O2/c1-23(16-11-14(4-7-22-16)18(19,20)21)12-13-5-8-24(9-6-13)17(25)15-3-2-10-26-15/h4,7,11,13,15H,2-3,5-6,8-10,12H2,1H3. The van der Waals surface area contributed by atoms with E-state index < -0.39 is 11.7 Å². The zero-order valence-electron chi connectivity index (χ0n) is 14.8. The van der Waals surface area contributed by atoms with Gasteiger partial charge in [-0.25, -0.2) is 4.98 Å². The molecule has 144 valence electrons. The Kier molecular flexibility index (Phi) is 5.70. The van der Waals surface area contributed by atoms with Crippen molar-refractivity contribution in [3.63, 3.8) is 0 Å². The number of halogens is 3. The van der Waals surface area contributed by atoms with Gasteiger partial charge in [0.15, 0.2) is 0 Å². The Balaban J connectivity index is 1.52. The number of amides is 1. The fourth-order valence-corrected chi connectivity index (χ4v) is 3.60. The van der Waals surface area contributed by atoms with Crippen LogP contribution in [0.4, 0.5) is 19.0 Å². The number of anilines is 1. The molecule has 2 aliphatic heterocycles. The highest BCUT2D eigenvalue weighted by atomic mass is 19.4. The fourth-order valence-electron chi connectivity index (χ4n) is 3.60. The van der Waals surface area contributed by atoms with Gasteiger partial charge in [0, 0.05) is 39.5 Å². The molecule has 1 unspecified atom stereocenters. The Hall–Kier alpha value is -1.83. The smallest absolute Gasteiger partial charge is 0.368 e. The molecule has 8 heteroatoms. The first kappa shape index (κ1) is 18.9. The normalized spacial score (nSPS) is 21.8. The Morgan fingerprint density at radius 3 is 2.69 bits per heavy atom. The number of likely N-dealkylation sites (tertiary alicyclic amines) is 1. The largest absolute Gasteiger partial charge is 0.416 e. The quantitative estimate of drug-likeness (QED) is 0.816. The van der Waals surface area contributed by atoms with Crippen molar-refractivity contribution >= 4 is 11.7 Å². The Morgan fingerprint density at radius 1 is 1.35 bits per heavy atom. The van der Waals surface area contributed by atoms with Crippen molar-refractivity contribution in [2.24, 2.45) is 5.92 Å². The lowest BCUT2D eigenvalue weighted by Crippen LogP contribution is -2.45. The number of hydrogen-bond acceptors (Lipinski definition) is 4. The first-order chi connectivity index (χ1) is 12.3. The minimum atomic E-state index is -4.37. The second-order valence-corrected chi connectivity index (χ2v) is 7.05. The number of hydrogen-bond donors (Lipinski definition) is 0. The van der Waals surface area contributed by atoms with Crippen molar-refractivity contribution in [3.8, 4) is 0 Å². The Morgan fingerprint density at radius 2 is 2.08 bits per heavy atom. The van der Waals surface area contributed by atoms with Crippen LogP contribution >= 0.6 is 0 Å². The Bertz CT molecular complexity index is 624. The molecule has 2 fully saturated rings. The molecule has 1 atom stereocenters. The van der Waals surface area contributed by atoms with E-state index in [-0.39, 0.29) is 12.0 Å². The van der Waals surface area contributed by atoms with Crippen molar-refractivity contribution < 1.29 is 22.7 Å². The molecule has 0 aliphatic carbocycles. The van der Waals surface area contributed by atoms with Crippen LogP contribution in [0.5, 0.6) is 0 Å². The molecule has 1 aromatic heterocycles. The molecule has 0 N–H and O–H groups in total. The van der Waals surface area contributed by atoms with Gasteiger partial charge in [-0.3, -0.25) is 4.79 Å². The van der Waals surface area contributed by atoms with Crippen LogP contribution in [0.25, 0.3) is 0 Å². The molecule has 1 amide bonds. The summed E-state index contributed by atoms with van der Waals surface area (Å²) in [4.78, 5) is 20.0. The van der Waals surface area contributed by atoms with Gasteiger partial charge in [0.05, 0.1) is 5.56 Å². The van der Waals surface area contributed by atoms with Gasteiger partial charge in [0.2, 0.25) is 0 Å². The SMILES string of the molecule is CN(CC1CCN(C(=O)C2CCCO2)CC1)c1cc(C(F)(F)F)ccn1. The molecule has 3 heterocycles. The molecule has 0 saturated carbocycles. The van der Waals surface area contributed by atoms with Crippen LogP contribution in [-0.2, 0) is 15.7 Å². The van der Waals surface area contributed by atoms with E-state index in [1.54, 1.807) is 11.9 Å². The van der Waals surface area contributed by atoms with Gasteiger partial charge in [0.1, 0.15) is 11.9 Å². The van der Waals surface area contributed by atoms with Crippen LogP contribution in [0.15, 0.2) is 18.3 Å². The summed E-state index contributed by atoms with van der Waals surface area (Å²) in [6.45, 7) is 2.62. The summed E-state index contributed by atoms with van der Waals surface area (Å²) >= 11 is 0. The molecular weight excluding hydrogens is 347 g/mol. The van der Waals surface area contributed by atoms with Crippen LogP contribution in [0.2, 0.25) is 0 Å². The number of nitrogens with zero attached hydrogens (tertiary/aromatic N) is 3. The number of carbonyl (C=O) groups excluding carboxylic acids is 1. The van der Waals surface area contributed by atoms with Gasteiger partial charge in [-0.2, -0.15) is 13.2 Å². The zero-order chi connectivity index (χ0) is 18.7. The molecule has 0 radical (unpaired) electrons. The number of alkyl halides is 3. The first-order valence-corrected chi connectivity index (χ1v) is 8.99. The van der Waals surface area contributed by atoms with E-state index in [0.717, 1.165) is 37.8 Å². The second-order valence-electron chi connectivity index (χ2n) is 7.05. The third-order valence-electron chi connectivity index (χ3n) is 5.13. The van der Waals surface area contributed by atoms with E-state index in [0.29, 0.717) is 38.0 Å². The van der Waals surface area contributed by atoms with Gasteiger partial charge in [-0.15, -0.1) is 0 Å². The monoisotopic (exact) mass is 371 g/mol. The Labute approximate surface area is 151 Å². The highest BCUT2D eigenvalue weighted by Crippen LogP contribution is 2.31. The minimum absolute atomic E-state index is 0.0776. The van der Waals surface area contributed by atoms with Crippen LogP contribution in [-0.4, -0.2) is 55.2 Å². The van der Waals surface area contributed by atoms with Gasteiger partial charge >= 0.3 is 6.18 Å². The van der Waals surface area contributed by atoms with Crippen LogP contribution < -0.4 is 4.90 Å². The lowest BCUT2D eigenvalue weighted by Gasteiger charge is -2.35. The summed E-state index contributed by atoms with van der Waals surface area (Å²) in [6, 6.07) is 2.06. The molecule has 2 saturated heterocycles. The topological polar surface area (TPSA) is 45.7 Å². The summed E-state index contributed by atoms with van der Waals surface area (Å²) in [5.74, 6) is 0.719. The average molecular weight is 371 g/mol. The fraction of sp³-hybridized carbons (Fsp3) is 0.667.